The van der Waals surface area contributed by atoms with Crippen molar-refractivity contribution in [2.75, 3.05) is 26.2 Å². The van der Waals surface area contributed by atoms with Gasteiger partial charge in [-0.25, -0.2) is 0 Å². The number of carbonyl (C=O) groups is 1. The van der Waals surface area contributed by atoms with Gasteiger partial charge < -0.3 is 10.2 Å². The van der Waals surface area contributed by atoms with E-state index in [4.69, 9.17) is 0 Å². The van der Waals surface area contributed by atoms with E-state index in [2.05, 4.69) is 37.6 Å². The zero-order valence-electron chi connectivity index (χ0n) is 12.1. The lowest BCUT2D eigenvalue weighted by atomic mass is 9.78. The summed E-state index contributed by atoms with van der Waals surface area (Å²) in [6.07, 6.45) is 5.17. The Morgan fingerprint density at radius 2 is 2.14 bits per heavy atom. The molecule has 2 aliphatic rings. The first-order valence-electron chi connectivity index (χ1n) is 7.38. The molecule has 0 radical (unpaired) electrons. The van der Waals surface area contributed by atoms with Gasteiger partial charge in [-0.15, -0.1) is 23.7 Å². The first kappa shape index (κ1) is 17.3. The van der Waals surface area contributed by atoms with E-state index in [0.29, 0.717) is 17.7 Å². The number of carbonyl (C=O) groups excluding carboxylic acids is 1. The molecule has 3 nitrogen and oxygen atoms in total. The van der Waals surface area contributed by atoms with Crippen molar-refractivity contribution >= 4 is 45.6 Å². The molecular weight excluding hydrogens is 372 g/mol. The van der Waals surface area contributed by atoms with E-state index in [-0.39, 0.29) is 12.4 Å². The van der Waals surface area contributed by atoms with Crippen LogP contribution in [0.5, 0.6) is 0 Å². The summed E-state index contributed by atoms with van der Waals surface area (Å²) >= 11 is 5.19. The number of hydrogen-bond acceptors (Lipinski definition) is 3. The average molecular weight is 394 g/mol. The molecule has 21 heavy (non-hydrogen) atoms. The third-order valence-corrected chi connectivity index (χ3v) is 6.47. The van der Waals surface area contributed by atoms with Gasteiger partial charge in [-0.2, -0.15) is 0 Å². The smallest absolute Gasteiger partial charge is 0.222 e. The normalized spacial score (nSPS) is 20.5. The number of hydrogen-bond donors (Lipinski definition) is 1. The number of aryl methyl sites for hydroxylation is 1. The summed E-state index contributed by atoms with van der Waals surface area (Å²) in [4.78, 5) is 15.7. The van der Waals surface area contributed by atoms with Gasteiger partial charge in [-0.3, -0.25) is 4.79 Å². The van der Waals surface area contributed by atoms with Crippen molar-refractivity contribution in [2.45, 2.75) is 32.1 Å². The minimum Gasteiger partial charge on any atom is -0.343 e. The zero-order valence-corrected chi connectivity index (χ0v) is 15.3. The maximum Gasteiger partial charge on any atom is 0.222 e. The predicted molar refractivity (Wildman–Crippen MR) is 93.3 cm³/mol. The highest BCUT2D eigenvalue weighted by Gasteiger charge is 2.37. The molecule has 0 aromatic carbocycles. The highest BCUT2D eigenvalue weighted by molar-refractivity contribution is 9.10. The fourth-order valence-corrected chi connectivity index (χ4v) is 4.78. The molecule has 1 N–H and O–H groups in total. The third-order valence-electron chi connectivity index (χ3n) is 4.72. The van der Waals surface area contributed by atoms with Crippen molar-refractivity contribution in [1.82, 2.24) is 10.2 Å². The lowest BCUT2D eigenvalue weighted by Crippen LogP contribution is -2.44. The van der Waals surface area contributed by atoms with Crippen LogP contribution < -0.4 is 5.32 Å². The second-order valence-corrected chi connectivity index (χ2v) is 7.95. The fraction of sp³-hybridized carbons (Fsp3) is 0.667. The number of thiophene rings is 1. The quantitative estimate of drug-likeness (QED) is 0.853. The SMILES string of the molecule is Cl.O=C(CCc1cc(Br)cs1)N1CCC2(CCNC2)CC1. The first-order valence-corrected chi connectivity index (χ1v) is 9.06. The topological polar surface area (TPSA) is 32.3 Å². The molecule has 1 spiro atoms. The molecular formula is C15H22BrClN2OS. The van der Waals surface area contributed by atoms with E-state index < -0.39 is 0 Å². The second kappa shape index (κ2) is 7.44. The summed E-state index contributed by atoms with van der Waals surface area (Å²) in [6.45, 7) is 4.21. The number of halogens is 2. The van der Waals surface area contributed by atoms with Gasteiger partial charge in [0, 0.05) is 40.8 Å². The van der Waals surface area contributed by atoms with Crippen LogP contribution in [-0.2, 0) is 11.2 Å². The van der Waals surface area contributed by atoms with E-state index in [1.54, 1.807) is 11.3 Å². The van der Waals surface area contributed by atoms with Crippen LogP contribution in [0.15, 0.2) is 15.9 Å². The molecule has 0 aliphatic carbocycles. The molecule has 1 amide bonds. The summed E-state index contributed by atoms with van der Waals surface area (Å²) in [5, 5.41) is 5.55. The molecule has 118 valence electrons. The van der Waals surface area contributed by atoms with Crippen molar-refractivity contribution in [3.05, 3.63) is 20.8 Å². The Balaban J connectivity index is 0.00000161. The van der Waals surface area contributed by atoms with Gasteiger partial charge >= 0.3 is 0 Å². The number of piperidine rings is 1. The molecule has 3 heterocycles. The molecule has 0 saturated carbocycles. The minimum atomic E-state index is 0. The largest absolute Gasteiger partial charge is 0.343 e. The van der Waals surface area contributed by atoms with Gasteiger partial charge in [-0.1, -0.05) is 0 Å². The monoisotopic (exact) mass is 392 g/mol. The highest BCUT2D eigenvalue weighted by Crippen LogP contribution is 2.37. The number of likely N-dealkylation sites (tertiary alicyclic amines) is 1. The molecule has 0 unspecified atom stereocenters. The molecule has 6 heteroatoms. The van der Waals surface area contributed by atoms with Crippen molar-refractivity contribution in [1.29, 1.82) is 0 Å². The Morgan fingerprint density at radius 1 is 1.38 bits per heavy atom. The van der Waals surface area contributed by atoms with Crippen LogP contribution in [-0.4, -0.2) is 37.0 Å². The number of nitrogens with one attached hydrogen (secondary N) is 1. The van der Waals surface area contributed by atoms with Crippen LogP contribution in [0.2, 0.25) is 0 Å². The first-order chi connectivity index (χ1) is 9.67. The number of rotatable bonds is 3. The van der Waals surface area contributed by atoms with Crippen LogP contribution in [0.4, 0.5) is 0 Å². The summed E-state index contributed by atoms with van der Waals surface area (Å²) in [6, 6.07) is 2.12. The molecule has 1 aromatic heterocycles. The van der Waals surface area contributed by atoms with Gasteiger partial charge in [0.15, 0.2) is 0 Å². The van der Waals surface area contributed by atoms with Crippen LogP contribution in [0.25, 0.3) is 0 Å². The number of amides is 1. The molecule has 1 aromatic rings. The van der Waals surface area contributed by atoms with E-state index in [9.17, 15) is 4.79 Å². The van der Waals surface area contributed by atoms with Gasteiger partial charge in [0.1, 0.15) is 0 Å². The Hall–Kier alpha value is -0.100. The van der Waals surface area contributed by atoms with Gasteiger partial charge in [0.2, 0.25) is 5.91 Å². The van der Waals surface area contributed by atoms with Crippen LogP contribution >= 0.6 is 39.7 Å². The Kier molecular flexibility index (Phi) is 6.12. The second-order valence-electron chi connectivity index (χ2n) is 6.04. The number of nitrogens with zero attached hydrogens (tertiary/aromatic N) is 1. The summed E-state index contributed by atoms with van der Waals surface area (Å²) < 4.78 is 1.12. The summed E-state index contributed by atoms with van der Waals surface area (Å²) in [7, 11) is 0. The summed E-state index contributed by atoms with van der Waals surface area (Å²) in [5.74, 6) is 0.329. The van der Waals surface area contributed by atoms with Gasteiger partial charge in [-0.05, 0) is 59.6 Å². The lowest BCUT2D eigenvalue weighted by molar-refractivity contribution is -0.133. The maximum atomic E-state index is 12.3. The molecule has 2 aliphatic heterocycles. The Morgan fingerprint density at radius 3 is 2.71 bits per heavy atom. The molecule has 0 atom stereocenters. The van der Waals surface area contributed by atoms with E-state index >= 15 is 0 Å². The molecule has 3 rings (SSSR count). The lowest BCUT2D eigenvalue weighted by Gasteiger charge is -2.39. The van der Waals surface area contributed by atoms with Gasteiger partial charge in [0.05, 0.1) is 0 Å². The average Bonchev–Trinajstić information content (AvgIpc) is 3.07. The van der Waals surface area contributed by atoms with E-state index in [1.807, 2.05) is 0 Å². The van der Waals surface area contributed by atoms with E-state index in [1.165, 1.54) is 24.1 Å². The van der Waals surface area contributed by atoms with Crippen LogP contribution in [0.1, 0.15) is 30.6 Å². The standard InChI is InChI=1S/C15H21BrN2OS.ClH/c16-12-9-13(20-10-12)1-2-14(19)18-7-4-15(5-8-18)3-6-17-11-15;/h9-10,17H,1-8,11H2;1H. The zero-order chi connectivity index (χ0) is 14.0. The highest BCUT2D eigenvalue weighted by atomic mass is 79.9. The van der Waals surface area contributed by atoms with Crippen LogP contribution in [0.3, 0.4) is 0 Å². The van der Waals surface area contributed by atoms with Crippen molar-refractivity contribution in [2.24, 2.45) is 5.41 Å². The van der Waals surface area contributed by atoms with Crippen molar-refractivity contribution < 1.29 is 4.79 Å². The van der Waals surface area contributed by atoms with E-state index in [0.717, 1.165) is 37.1 Å². The Bertz CT molecular complexity index is 478. The molecule has 2 saturated heterocycles. The molecule has 2 fully saturated rings. The van der Waals surface area contributed by atoms with Crippen molar-refractivity contribution in [3.8, 4) is 0 Å². The third kappa shape index (κ3) is 4.21. The van der Waals surface area contributed by atoms with Gasteiger partial charge in [0.25, 0.3) is 0 Å². The van der Waals surface area contributed by atoms with Crippen molar-refractivity contribution in [3.63, 3.8) is 0 Å². The fourth-order valence-electron chi connectivity index (χ4n) is 3.33. The minimum absolute atomic E-state index is 0. The molecule has 0 bridgehead atoms. The Labute approximate surface area is 145 Å². The van der Waals surface area contributed by atoms with Crippen LogP contribution in [0, 0.1) is 5.41 Å². The predicted octanol–water partition coefficient (Wildman–Crippen LogP) is 3.47. The summed E-state index contributed by atoms with van der Waals surface area (Å²) in [5.41, 5.74) is 0.495. The maximum absolute atomic E-state index is 12.3.